The summed E-state index contributed by atoms with van der Waals surface area (Å²) >= 11 is 0. The van der Waals surface area contributed by atoms with Gasteiger partial charge in [-0.25, -0.2) is 4.79 Å². The molecule has 0 aliphatic heterocycles. The molecule has 0 aliphatic rings. The molecule has 0 atom stereocenters. The minimum atomic E-state index is -0.344. The number of carbonyl (C=O) groups excluding carboxylic acids is 1. The monoisotopic (exact) mass is 259 g/mol. The predicted molar refractivity (Wildman–Crippen MR) is 44.3 cm³/mol. The second-order valence-electron chi connectivity index (χ2n) is 2.53. The van der Waals surface area contributed by atoms with Crippen LogP contribution in [0.15, 0.2) is 12.7 Å². The summed E-state index contributed by atoms with van der Waals surface area (Å²) in [6, 6.07) is 0. The topological polar surface area (TPSA) is 29.5 Å². The van der Waals surface area contributed by atoms with Gasteiger partial charge in [0.1, 0.15) is 0 Å². The molecule has 0 saturated carbocycles. The summed E-state index contributed by atoms with van der Waals surface area (Å²) in [7, 11) is 3.96. The smallest absolute Gasteiger partial charge is 0.330 e. The number of rotatable bonds is 5. The third-order valence-corrected chi connectivity index (χ3v) is 1.16. The van der Waals surface area contributed by atoms with E-state index in [1.54, 1.807) is 0 Å². The van der Waals surface area contributed by atoms with Crippen LogP contribution in [0.4, 0.5) is 0 Å². The Morgan fingerprint density at radius 3 is 2.58 bits per heavy atom. The van der Waals surface area contributed by atoms with Gasteiger partial charge in [0.05, 0.1) is 6.61 Å². The molecule has 0 rings (SSSR count). The first kappa shape index (κ1) is 14.3. The summed E-state index contributed by atoms with van der Waals surface area (Å²) in [5, 5.41) is 0. The molecule has 0 aromatic carbocycles. The van der Waals surface area contributed by atoms with Crippen LogP contribution >= 0.6 is 0 Å². The van der Waals surface area contributed by atoms with E-state index < -0.39 is 0 Å². The SMILES string of the molecule is C=CC(=O)OCCCN(C)C.[Ru]. The molecule has 0 aromatic rings. The molecule has 4 heteroatoms. The van der Waals surface area contributed by atoms with Crippen LogP contribution in [0.2, 0.25) is 0 Å². The van der Waals surface area contributed by atoms with Crippen LogP contribution in [-0.2, 0) is 29.0 Å². The van der Waals surface area contributed by atoms with E-state index >= 15 is 0 Å². The van der Waals surface area contributed by atoms with Crippen molar-refractivity contribution in [2.75, 3.05) is 27.2 Å². The van der Waals surface area contributed by atoms with Crippen LogP contribution in [0.1, 0.15) is 6.42 Å². The Bertz CT molecular complexity index is 137. The van der Waals surface area contributed by atoms with Crippen molar-refractivity contribution in [1.82, 2.24) is 4.90 Å². The molecule has 12 heavy (non-hydrogen) atoms. The van der Waals surface area contributed by atoms with Crippen molar-refractivity contribution in [1.29, 1.82) is 0 Å². The van der Waals surface area contributed by atoms with E-state index in [9.17, 15) is 4.79 Å². The summed E-state index contributed by atoms with van der Waals surface area (Å²) in [5.74, 6) is -0.344. The first-order chi connectivity index (χ1) is 5.16. The predicted octanol–water partition coefficient (Wildman–Crippen LogP) is 0.665. The van der Waals surface area contributed by atoms with Gasteiger partial charge in [0.15, 0.2) is 0 Å². The molecular formula is C8H15NO2Ru. The normalized spacial score (nSPS) is 8.92. The quantitative estimate of drug-likeness (QED) is 0.314. The van der Waals surface area contributed by atoms with E-state index in [1.807, 2.05) is 19.0 Å². The zero-order valence-electron chi connectivity index (χ0n) is 7.52. The molecule has 0 aromatic heterocycles. The standard InChI is InChI=1S/C8H15NO2.Ru/c1-4-8(10)11-7-5-6-9(2)3;/h4H,1,5-7H2,2-3H3;. The number of hydrogen-bond donors (Lipinski definition) is 0. The number of esters is 1. The molecule has 0 saturated heterocycles. The van der Waals surface area contributed by atoms with E-state index in [1.165, 1.54) is 6.08 Å². The van der Waals surface area contributed by atoms with Crippen LogP contribution in [0.25, 0.3) is 0 Å². The zero-order chi connectivity index (χ0) is 8.69. The van der Waals surface area contributed by atoms with E-state index in [0.29, 0.717) is 6.61 Å². The first-order valence-electron chi connectivity index (χ1n) is 3.60. The maximum atomic E-state index is 10.5. The van der Waals surface area contributed by atoms with Gasteiger partial charge >= 0.3 is 5.97 Å². The maximum Gasteiger partial charge on any atom is 0.330 e. The van der Waals surface area contributed by atoms with Gasteiger partial charge in [-0.05, 0) is 20.5 Å². The van der Waals surface area contributed by atoms with Gasteiger partial charge in [0.25, 0.3) is 0 Å². The molecule has 0 spiro atoms. The Balaban J connectivity index is 0. The van der Waals surface area contributed by atoms with Crippen molar-refractivity contribution < 1.29 is 29.0 Å². The van der Waals surface area contributed by atoms with Gasteiger partial charge in [-0.2, -0.15) is 0 Å². The van der Waals surface area contributed by atoms with Crippen LogP contribution in [-0.4, -0.2) is 38.1 Å². The molecule has 0 bridgehead atoms. The minimum absolute atomic E-state index is 0. The summed E-state index contributed by atoms with van der Waals surface area (Å²) in [5.41, 5.74) is 0. The van der Waals surface area contributed by atoms with Gasteiger partial charge in [0, 0.05) is 32.1 Å². The van der Waals surface area contributed by atoms with Crippen molar-refractivity contribution in [3.05, 3.63) is 12.7 Å². The molecule has 0 heterocycles. The Morgan fingerprint density at radius 2 is 2.17 bits per heavy atom. The summed E-state index contributed by atoms with van der Waals surface area (Å²) < 4.78 is 4.76. The van der Waals surface area contributed by atoms with Gasteiger partial charge in [-0.1, -0.05) is 6.58 Å². The molecule has 0 aliphatic carbocycles. The molecule has 0 radical (unpaired) electrons. The van der Waals surface area contributed by atoms with Crippen molar-refractivity contribution in [3.63, 3.8) is 0 Å². The van der Waals surface area contributed by atoms with Gasteiger partial charge in [0.2, 0.25) is 0 Å². The molecule has 0 unspecified atom stereocenters. The molecule has 0 N–H and O–H groups in total. The van der Waals surface area contributed by atoms with Gasteiger partial charge in [-0.15, -0.1) is 0 Å². The van der Waals surface area contributed by atoms with E-state index in [4.69, 9.17) is 4.74 Å². The zero-order valence-corrected chi connectivity index (χ0v) is 9.26. The molecule has 0 amide bonds. The van der Waals surface area contributed by atoms with Crippen LogP contribution < -0.4 is 0 Å². The van der Waals surface area contributed by atoms with Crippen molar-refractivity contribution in [3.8, 4) is 0 Å². The number of hydrogen-bond acceptors (Lipinski definition) is 3. The summed E-state index contributed by atoms with van der Waals surface area (Å²) in [6.07, 6.45) is 2.04. The van der Waals surface area contributed by atoms with Crippen molar-refractivity contribution in [2.24, 2.45) is 0 Å². The second-order valence-corrected chi connectivity index (χ2v) is 2.53. The number of ether oxygens (including phenoxy) is 1. The molecular weight excluding hydrogens is 243 g/mol. The van der Waals surface area contributed by atoms with E-state index in [2.05, 4.69) is 6.58 Å². The van der Waals surface area contributed by atoms with E-state index in [0.717, 1.165) is 13.0 Å². The maximum absolute atomic E-state index is 10.5. The first-order valence-corrected chi connectivity index (χ1v) is 3.60. The van der Waals surface area contributed by atoms with E-state index in [-0.39, 0.29) is 25.4 Å². The molecule has 0 fully saturated rings. The van der Waals surface area contributed by atoms with Crippen molar-refractivity contribution in [2.45, 2.75) is 6.42 Å². The van der Waals surface area contributed by atoms with Crippen LogP contribution in [0.5, 0.6) is 0 Å². The minimum Gasteiger partial charge on any atom is -0.462 e. The summed E-state index contributed by atoms with van der Waals surface area (Å²) in [6.45, 7) is 4.70. The fourth-order valence-electron chi connectivity index (χ4n) is 0.612. The third-order valence-electron chi connectivity index (χ3n) is 1.16. The fourth-order valence-corrected chi connectivity index (χ4v) is 0.612. The van der Waals surface area contributed by atoms with Crippen LogP contribution in [0, 0.1) is 0 Å². The Kier molecular flexibility index (Phi) is 10.6. The third kappa shape index (κ3) is 9.79. The Morgan fingerprint density at radius 1 is 1.58 bits per heavy atom. The molecule has 72 valence electrons. The second kappa shape index (κ2) is 8.89. The number of carbonyl (C=O) groups is 1. The molecule has 3 nitrogen and oxygen atoms in total. The van der Waals surface area contributed by atoms with Crippen molar-refractivity contribution >= 4 is 5.97 Å². The summed E-state index contributed by atoms with van der Waals surface area (Å²) in [4.78, 5) is 12.5. The van der Waals surface area contributed by atoms with Crippen LogP contribution in [0.3, 0.4) is 0 Å². The Labute approximate surface area is 86.5 Å². The largest absolute Gasteiger partial charge is 0.462 e. The average Bonchev–Trinajstić information content (AvgIpc) is 1.97. The average molecular weight is 258 g/mol. The Hall–Kier alpha value is -0.207. The number of nitrogens with zero attached hydrogens (tertiary/aromatic N) is 1. The fraction of sp³-hybridized carbons (Fsp3) is 0.625. The van der Waals surface area contributed by atoms with Gasteiger partial charge < -0.3 is 9.64 Å². The van der Waals surface area contributed by atoms with Gasteiger partial charge in [-0.3, -0.25) is 0 Å².